The maximum absolute atomic E-state index is 13.5. The first-order valence-electron chi connectivity index (χ1n) is 9.12. The van der Waals surface area contributed by atoms with Crippen LogP contribution in [0.5, 0.6) is 0 Å². The van der Waals surface area contributed by atoms with Gasteiger partial charge in [0.1, 0.15) is 5.69 Å². The molecule has 0 fully saturated rings. The number of carbonyl (C=O) groups is 1. The van der Waals surface area contributed by atoms with Gasteiger partial charge < -0.3 is 4.74 Å². The number of nitrogens with zero attached hydrogens (tertiary/aromatic N) is 1. The summed E-state index contributed by atoms with van der Waals surface area (Å²) in [6.45, 7) is 7.76. The number of methoxy groups -OCH3 is 1. The van der Waals surface area contributed by atoms with E-state index in [1.54, 1.807) is 42.5 Å². The van der Waals surface area contributed by atoms with E-state index < -0.39 is 16.0 Å². The number of rotatable bonds is 3. The van der Waals surface area contributed by atoms with Crippen LogP contribution in [0, 0.1) is 24.2 Å². The van der Waals surface area contributed by atoms with Gasteiger partial charge >= 0.3 is 5.97 Å². The van der Waals surface area contributed by atoms with Crippen molar-refractivity contribution in [1.82, 2.24) is 3.97 Å². The normalized spacial score (nSPS) is 11.8. The van der Waals surface area contributed by atoms with Crippen molar-refractivity contribution in [2.24, 2.45) is 5.41 Å². The molecule has 0 bridgehead atoms. The van der Waals surface area contributed by atoms with Crippen molar-refractivity contribution < 1.29 is 17.9 Å². The lowest BCUT2D eigenvalue weighted by molar-refractivity contribution is 0.0601. The summed E-state index contributed by atoms with van der Waals surface area (Å²) >= 11 is 0. The summed E-state index contributed by atoms with van der Waals surface area (Å²) in [7, 11) is -2.64. The van der Waals surface area contributed by atoms with Crippen molar-refractivity contribution in [3.05, 3.63) is 65.4 Å². The van der Waals surface area contributed by atoms with Gasteiger partial charge in [0, 0.05) is 10.8 Å². The molecule has 6 heteroatoms. The second-order valence-electron chi connectivity index (χ2n) is 7.88. The third-order valence-corrected chi connectivity index (χ3v) is 6.05. The molecule has 0 aliphatic carbocycles. The third kappa shape index (κ3) is 4.20. The summed E-state index contributed by atoms with van der Waals surface area (Å²) in [4.78, 5) is 12.1. The standard InChI is InChI=1S/C23H23NO4S/c1-16-6-10-20(11-7-16)29(26,27)24-19(12-13-23(2,3)4)14-17-8-9-18(15-21(17)24)22(25)28-5/h6-11,14-15H,1-5H3. The number of hydrogen-bond acceptors (Lipinski definition) is 4. The Morgan fingerprint density at radius 2 is 1.69 bits per heavy atom. The lowest BCUT2D eigenvalue weighted by atomic mass is 9.98. The smallest absolute Gasteiger partial charge is 0.337 e. The SMILES string of the molecule is COC(=O)c1ccc2cc(C#CC(C)(C)C)n(S(=O)(=O)c3ccc(C)cc3)c2c1. The molecule has 0 amide bonds. The lowest BCUT2D eigenvalue weighted by Crippen LogP contribution is -2.15. The monoisotopic (exact) mass is 409 g/mol. The quantitative estimate of drug-likeness (QED) is 0.476. The Labute approximate surface area is 171 Å². The highest BCUT2D eigenvalue weighted by Crippen LogP contribution is 2.27. The molecule has 0 radical (unpaired) electrons. The predicted molar refractivity (Wildman–Crippen MR) is 113 cm³/mol. The van der Waals surface area contributed by atoms with E-state index in [4.69, 9.17) is 4.74 Å². The van der Waals surface area contributed by atoms with E-state index in [0.29, 0.717) is 16.6 Å². The number of fused-ring (bicyclic) bond motifs is 1. The third-order valence-electron chi connectivity index (χ3n) is 4.31. The van der Waals surface area contributed by atoms with Crippen LogP contribution in [-0.2, 0) is 14.8 Å². The molecule has 0 N–H and O–H groups in total. The maximum atomic E-state index is 13.5. The van der Waals surface area contributed by atoms with Gasteiger partial charge in [0.2, 0.25) is 0 Å². The maximum Gasteiger partial charge on any atom is 0.337 e. The van der Waals surface area contributed by atoms with Gasteiger partial charge in [0.25, 0.3) is 10.0 Å². The Hall–Kier alpha value is -3.04. The van der Waals surface area contributed by atoms with Gasteiger partial charge in [-0.05, 0) is 63.9 Å². The van der Waals surface area contributed by atoms with Crippen LogP contribution in [0.4, 0.5) is 0 Å². The van der Waals surface area contributed by atoms with E-state index in [1.165, 1.54) is 17.1 Å². The molecule has 0 saturated heterocycles. The molecule has 0 aliphatic rings. The van der Waals surface area contributed by atoms with Crippen LogP contribution in [0.25, 0.3) is 10.9 Å². The molecule has 2 aromatic carbocycles. The van der Waals surface area contributed by atoms with Crippen LogP contribution in [0.1, 0.15) is 42.4 Å². The molecule has 0 spiro atoms. The minimum atomic E-state index is -3.92. The van der Waals surface area contributed by atoms with Crippen molar-refractivity contribution in [3.8, 4) is 11.8 Å². The Morgan fingerprint density at radius 1 is 1.03 bits per heavy atom. The van der Waals surface area contributed by atoms with E-state index in [9.17, 15) is 13.2 Å². The zero-order valence-corrected chi connectivity index (χ0v) is 17.9. The van der Waals surface area contributed by atoms with Crippen molar-refractivity contribution in [2.45, 2.75) is 32.6 Å². The van der Waals surface area contributed by atoms with E-state index >= 15 is 0 Å². The largest absolute Gasteiger partial charge is 0.465 e. The van der Waals surface area contributed by atoms with Crippen LogP contribution >= 0.6 is 0 Å². The molecule has 5 nitrogen and oxygen atoms in total. The zero-order valence-electron chi connectivity index (χ0n) is 17.1. The first kappa shape index (κ1) is 20.7. The highest BCUT2D eigenvalue weighted by molar-refractivity contribution is 7.90. The molecule has 1 heterocycles. The minimum Gasteiger partial charge on any atom is -0.465 e. The second kappa shape index (κ2) is 7.41. The van der Waals surface area contributed by atoms with E-state index in [0.717, 1.165) is 5.56 Å². The highest BCUT2D eigenvalue weighted by Gasteiger charge is 2.23. The Bertz CT molecular complexity index is 1250. The molecule has 0 aliphatic heterocycles. The summed E-state index contributed by atoms with van der Waals surface area (Å²) in [5, 5.41) is 0.673. The number of hydrogen-bond donors (Lipinski definition) is 0. The van der Waals surface area contributed by atoms with E-state index in [2.05, 4.69) is 11.8 Å². The Balaban J connectivity index is 2.34. The zero-order chi connectivity index (χ0) is 21.4. The summed E-state index contributed by atoms with van der Waals surface area (Å²) in [5.74, 6) is 5.57. The van der Waals surface area contributed by atoms with E-state index in [1.807, 2.05) is 27.7 Å². The Morgan fingerprint density at radius 3 is 2.28 bits per heavy atom. The Kier molecular flexibility index (Phi) is 5.29. The molecular weight excluding hydrogens is 386 g/mol. The molecule has 29 heavy (non-hydrogen) atoms. The van der Waals surface area contributed by atoms with Gasteiger partial charge in [-0.2, -0.15) is 0 Å². The average molecular weight is 410 g/mol. The van der Waals surface area contributed by atoms with Gasteiger partial charge in [-0.15, -0.1) is 0 Å². The van der Waals surface area contributed by atoms with Crippen molar-refractivity contribution >= 4 is 26.9 Å². The van der Waals surface area contributed by atoms with Gasteiger partial charge in [0.15, 0.2) is 0 Å². The molecule has 150 valence electrons. The summed E-state index contributed by atoms with van der Waals surface area (Å²) in [6, 6.07) is 13.2. The number of esters is 1. The van der Waals surface area contributed by atoms with Gasteiger partial charge in [-0.1, -0.05) is 29.7 Å². The topological polar surface area (TPSA) is 65.4 Å². The van der Waals surface area contributed by atoms with Crippen LogP contribution in [0.15, 0.2) is 53.4 Å². The fourth-order valence-corrected chi connectivity index (χ4v) is 4.30. The van der Waals surface area contributed by atoms with Gasteiger partial charge in [-0.3, -0.25) is 0 Å². The molecule has 0 saturated carbocycles. The fraction of sp³-hybridized carbons (Fsp3) is 0.261. The number of benzene rings is 2. The van der Waals surface area contributed by atoms with Crippen molar-refractivity contribution in [2.75, 3.05) is 7.11 Å². The molecule has 3 rings (SSSR count). The number of ether oxygens (including phenoxy) is 1. The first-order valence-corrected chi connectivity index (χ1v) is 10.6. The average Bonchev–Trinajstić information content (AvgIpc) is 3.04. The van der Waals surface area contributed by atoms with Crippen molar-refractivity contribution in [3.63, 3.8) is 0 Å². The summed E-state index contributed by atoms with van der Waals surface area (Å²) in [5.41, 5.74) is 1.66. The number of aromatic nitrogens is 1. The first-order chi connectivity index (χ1) is 13.5. The molecule has 3 aromatic rings. The lowest BCUT2D eigenvalue weighted by Gasteiger charge is -2.11. The van der Waals surface area contributed by atoms with Crippen molar-refractivity contribution in [1.29, 1.82) is 0 Å². The van der Waals surface area contributed by atoms with Gasteiger partial charge in [-0.25, -0.2) is 17.2 Å². The van der Waals surface area contributed by atoms with Crippen LogP contribution in [0.2, 0.25) is 0 Å². The van der Waals surface area contributed by atoms with Gasteiger partial charge in [0.05, 0.1) is 23.1 Å². The molecule has 0 atom stereocenters. The van der Waals surface area contributed by atoms with Crippen LogP contribution in [0.3, 0.4) is 0 Å². The predicted octanol–water partition coefficient (Wildman–Crippen LogP) is 4.37. The summed E-state index contributed by atoms with van der Waals surface area (Å²) in [6.07, 6.45) is 0. The minimum absolute atomic E-state index is 0.155. The highest BCUT2D eigenvalue weighted by atomic mass is 32.2. The molecular formula is C23H23NO4S. The number of aryl methyl sites for hydroxylation is 1. The molecule has 0 unspecified atom stereocenters. The molecule has 1 aromatic heterocycles. The van der Waals surface area contributed by atoms with Crippen LogP contribution < -0.4 is 0 Å². The van der Waals surface area contributed by atoms with Crippen LogP contribution in [-0.4, -0.2) is 25.5 Å². The second-order valence-corrected chi connectivity index (χ2v) is 9.66. The fourth-order valence-electron chi connectivity index (χ4n) is 2.84. The number of carbonyl (C=O) groups excluding carboxylic acids is 1. The van der Waals surface area contributed by atoms with E-state index in [-0.39, 0.29) is 15.9 Å². The summed E-state index contributed by atoms with van der Waals surface area (Å²) < 4.78 is 33.0.